The minimum absolute atomic E-state index is 0.173. The monoisotopic (exact) mass is 421 g/mol. The first kappa shape index (κ1) is 24.7. The van der Waals surface area contributed by atoms with E-state index in [1.54, 1.807) is 11.8 Å². The lowest BCUT2D eigenvalue weighted by Crippen LogP contribution is -2.33. The molecule has 2 heterocycles. The molecule has 3 fully saturated rings. The molecule has 166 valence electrons. The van der Waals surface area contributed by atoms with Gasteiger partial charge in [-0.3, -0.25) is 4.79 Å². The minimum atomic E-state index is -0.231. The molecular weight excluding hydrogens is 378 g/mol. The van der Waals surface area contributed by atoms with Gasteiger partial charge < -0.3 is 4.74 Å². The van der Waals surface area contributed by atoms with Crippen LogP contribution in [0.25, 0.3) is 0 Å². The molecule has 0 aromatic rings. The van der Waals surface area contributed by atoms with Crippen LogP contribution in [0.3, 0.4) is 0 Å². The highest BCUT2D eigenvalue weighted by Crippen LogP contribution is 2.37. The molecule has 0 aromatic carbocycles. The van der Waals surface area contributed by atoms with E-state index in [1.165, 1.54) is 70.6 Å². The molecule has 0 aromatic heterocycles. The second-order valence-electron chi connectivity index (χ2n) is 9.16. The van der Waals surface area contributed by atoms with Crippen LogP contribution in [0.1, 0.15) is 122 Å². The maximum Gasteiger partial charge on any atom is 0.171 e. The number of nitrogens with zero attached hydrogens (tertiary/aromatic N) is 1. The van der Waals surface area contributed by atoms with Crippen LogP contribution < -0.4 is 0 Å². The molecule has 2 aliphatic heterocycles. The molecule has 3 nitrogen and oxygen atoms in total. The molecule has 2 atom stereocenters. The van der Waals surface area contributed by atoms with Crippen molar-refractivity contribution >= 4 is 17.5 Å². The summed E-state index contributed by atoms with van der Waals surface area (Å²) >= 11 is 1.79. The quantitative estimate of drug-likeness (QED) is 0.271. The Balaban J connectivity index is 1.57. The Morgan fingerprint density at radius 3 is 2.24 bits per heavy atom. The molecule has 29 heavy (non-hydrogen) atoms. The third-order valence-corrected chi connectivity index (χ3v) is 8.04. The number of unbranched alkanes of at least 4 members (excludes halogenated alkanes) is 7. The predicted molar refractivity (Wildman–Crippen MR) is 123 cm³/mol. The summed E-state index contributed by atoms with van der Waals surface area (Å²) in [4.78, 5) is 12.7. The summed E-state index contributed by atoms with van der Waals surface area (Å²) in [6, 6.07) is 2.49. The van der Waals surface area contributed by atoms with Crippen LogP contribution in [0.15, 0.2) is 0 Å². The minimum Gasteiger partial charge on any atom is -0.356 e. The zero-order chi connectivity index (χ0) is 20.7. The van der Waals surface area contributed by atoms with Gasteiger partial charge >= 0.3 is 0 Å². The van der Waals surface area contributed by atoms with Crippen molar-refractivity contribution in [3.63, 3.8) is 0 Å². The maximum atomic E-state index is 12.7. The Morgan fingerprint density at radius 1 is 0.966 bits per heavy atom. The largest absolute Gasteiger partial charge is 0.356 e. The molecule has 1 saturated carbocycles. The highest BCUT2D eigenvalue weighted by molar-refractivity contribution is 8.01. The fourth-order valence-corrected chi connectivity index (χ4v) is 6.12. The molecular formula is C25H43NO2S. The summed E-state index contributed by atoms with van der Waals surface area (Å²) in [5.74, 6) is 0.460. The first-order valence-electron chi connectivity index (χ1n) is 12.5. The van der Waals surface area contributed by atoms with Crippen molar-refractivity contribution in [1.29, 1.82) is 5.26 Å². The number of fused-ring (bicyclic) bond motifs is 6. The molecule has 1 aliphatic carbocycles. The number of hydrogen-bond donors (Lipinski definition) is 0. The van der Waals surface area contributed by atoms with E-state index in [-0.39, 0.29) is 17.1 Å². The highest BCUT2D eigenvalue weighted by Gasteiger charge is 2.31. The first-order valence-corrected chi connectivity index (χ1v) is 13.4. The molecule has 4 heteroatoms. The van der Waals surface area contributed by atoms with Crippen molar-refractivity contribution in [1.82, 2.24) is 0 Å². The van der Waals surface area contributed by atoms with E-state index in [0.29, 0.717) is 17.8 Å². The molecule has 0 amide bonds. The second kappa shape index (κ2) is 15.3. The highest BCUT2D eigenvalue weighted by atomic mass is 32.2. The average molecular weight is 422 g/mol. The van der Waals surface area contributed by atoms with E-state index in [4.69, 9.17) is 4.74 Å². The lowest BCUT2D eigenvalue weighted by molar-refractivity contribution is -0.129. The standard InChI is InChI=1S/C25H43NO2S/c1-2-3-4-5-6-7-8-13-21(20-26)14-9-10-19-24(27)25-28-22-15-11-17-23(29-25)18-12-16-22/h21-23,25H,2-19H2,1H3. The van der Waals surface area contributed by atoms with Gasteiger partial charge in [0, 0.05) is 17.6 Å². The molecule has 0 N–H and O–H groups in total. The lowest BCUT2D eigenvalue weighted by atomic mass is 9.95. The van der Waals surface area contributed by atoms with Crippen molar-refractivity contribution in [3.8, 4) is 6.07 Å². The van der Waals surface area contributed by atoms with Crippen LogP contribution in [-0.4, -0.2) is 22.6 Å². The number of carbonyl (C=O) groups excluding carboxylic acids is 1. The third-order valence-electron chi connectivity index (χ3n) is 6.56. The van der Waals surface area contributed by atoms with Gasteiger partial charge in [0.15, 0.2) is 11.2 Å². The third kappa shape index (κ3) is 10.4. The number of hydrogen-bond acceptors (Lipinski definition) is 4. The van der Waals surface area contributed by atoms with Crippen LogP contribution >= 0.6 is 11.8 Å². The molecule has 3 rings (SSSR count). The topological polar surface area (TPSA) is 50.1 Å². The Bertz CT molecular complexity index is 466. The zero-order valence-electron chi connectivity index (χ0n) is 18.7. The first-order chi connectivity index (χ1) is 14.2. The van der Waals surface area contributed by atoms with Gasteiger partial charge in [0.25, 0.3) is 0 Å². The fourth-order valence-electron chi connectivity index (χ4n) is 4.67. The average Bonchev–Trinajstić information content (AvgIpc) is 2.67. The normalized spacial score (nSPS) is 25.6. The van der Waals surface area contributed by atoms with E-state index in [1.807, 2.05) is 0 Å². The van der Waals surface area contributed by atoms with Gasteiger partial charge in [0.2, 0.25) is 0 Å². The number of rotatable bonds is 14. The van der Waals surface area contributed by atoms with Gasteiger partial charge in [0.1, 0.15) is 0 Å². The van der Waals surface area contributed by atoms with E-state index in [0.717, 1.165) is 38.5 Å². The van der Waals surface area contributed by atoms with Crippen LogP contribution in [0, 0.1) is 17.2 Å². The Morgan fingerprint density at radius 2 is 1.59 bits per heavy atom. The van der Waals surface area contributed by atoms with Crippen LogP contribution in [0.4, 0.5) is 0 Å². The molecule has 2 saturated heterocycles. The molecule has 0 radical (unpaired) electrons. The van der Waals surface area contributed by atoms with E-state index < -0.39 is 0 Å². The lowest BCUT2D eigenvalue weighted by Gasteiger charge is -2.33. The van der Waals surface area contributed by atoms with Gasteiger partial charge in [-0.05, 0) is 57.8 Å². The zero-order valence-corrected chi connectivity index (χ0v) is 19.5. The summed E-state index contributed by atoms with van der Waals surface area (Å²) in [6.45, 7) is 2.25. The molecule has 3 aliphatic rings. The van der Waals surface area contributed by atoms with Gasteiger partial charge in [-0.25, -0.2) is 0 Å². The van der Waals surface area contributed by atoms with Gasteiger partial charge in [0.05, 0.1) is 12.2 Å². The predicted octanol–water partition coefficient (Wildman–Crippen LogP) is 7.58. The van der Waals surface area contributed by atoms with Gasteiger partial charge in [-0.1, -0.05) is 58.3 Å². The van der Waals surface area contributed by atoms with Crippen molar-refractivity contribution < 1.29 is 9.53 Å². The molecule has 2 unspecified atom stereocenters. The Kier molecular flexibility index (Phi) is 13.0. The number of ether oxygens (including phenoxy) is 1. The summed E-state index contributed by atoms with van der Waals surface area (Å²) in [5.41, 5.74) is -0.231. The Labute approximate surface area is 183 Å². The molecule has 2 bridgehead atoms. The fraction of sp³-hybridized carbons (Fsp3) is 0.920. The summed E-state index contributed by atoms with van der Waals surface area (Å²) in [5, 5.41) is 10.0. The maximum absolute atomic E-state index is 12.7. The number of thioether (sulfide) groups is 1. The SMILES string of the molecule is CCCCCCCCCC(C#N)CCCCC(=O)C1OC2CCCC(CCC2)S1. The number of nitriles is 1. The summed E-state index contributed by atoms with van der Waals surface area (Å²) in [7, 11) is 0. The second-order valence-corrected chi connectivity index (χ2v) is 10.5. The van der Waals surface area contributed by atoms with Gasteiger partial charge in [-0.2, -0.15) is 5.26 Å². The van der Waals surface area contributed by atoms with Crippen molar-refractivity contribution in [2.75, 3.05) is 0 Å². The van der Waals surface area contributed by atoms with Crippen molar-refractivity contribution in [3.05, 3.63) is 0 Å². The van der Waals surface area contributed by atoms with E-state index >= 15 is 0 Å². The van der Waals surface area contributed by atoms with Crippen LogP contribution in [0.2, 0.25) is 0 Å². The van der Waals surface area contributed by atoms with Crippen molar-refractivity contribution in [2.45, 2.75) is 139 Å². The molecule has 0 spiro atoms. The van der Waals surface area contributed by atoms with Crippen molar-refractivity contribution in [2.24, 2.45) is 5.92 Å². The summed E-state index contributed by atoms with van der Waals surface area (Å²) in [6.07, 6.45) is 21.1. The van der Waals surface area contributed by atoms with Crippen LogP contribution in [-0.2, 0) is 9.53 Å². The smallest absolute Gasteiger partial charge is 0.171 e. The number of carbonyl (C=O) groups is 1. The summed E-state index contributed by atoms with van der Waals surface area (Å²) < 4.78 is 6.18. The number of ketones is 1. The van der Waals surface area contributed by atoms with E-state index in [9.17, 15) is 10.1 Å². The number of Topliss-reactive ketones (excluding diaryl/α,β-unsaturated/α-hetero) is 1. The van der Waals surface area contributed by atoms with E-state index in [2.05, 4.69) is 13.0 Å². The van der Waals surface area contributed by atoms with Gasteiger partial charge in [-0.15, -0.1) is 11.8 Å². The Hall–Kier alpha value is -0.530. The van der Waals surface area contributed by atoms with Crippen LogP contribution in [0.5, 0.6) is 0 Å².